The molecule has 0 radical (unpaired) electrons. The molecule has 0 saturated heterocycles. The fourth-order valence-corrected chi connectivity index (χ4v) is 3.18. The van der Waals surface area contributed by atoms with Crippen LogP contribution in [0.3, 0.4) is 0 Å². The van der Waals surface area contributed by atoms with Gasteiger partial charge >= 0.3 is 0 Å². The van der Waals surface area contributed by atoms with Crippen molar-refractivity contribution in [2.45, 2.75) is 6.42 Å². The lowest BCUT2D eigenvalue weighted by Gasteiger charge is -2.27. The van der Waals surface area contributed by atoms with Crippen LogP contribution in [0, 0.1) is 0 Å². The maximum Gasteiger partial charge on any atom is 0.272 e. The Morgan fingerprint density at radius 2 is 1.68 bits per heavy atom. The molecule has 0 fully saturated rings. The zero-order valence-corrected chi connectivity index (χ0v) is 13.9. The molecule has 2 aromatic carbocycles. The lowest BCUT2D eigenvalue weighted by Crippen LogP contribution is -2.35. The molecule has 1 amide bonds. The van der Waals surface area contributed by atoms with Crippen molar-refractivity contribution >= 4 is 11.5 Å². The molecular weight excluding hydrogens is 310 g/mol. The predicted molar refractivity (Wildman–Crippen MR) is 98.5 cm³/mol. The van der Waals surface area contributed by atoms with Crippen LogP contribution in [-0.4, -0.2) is 33.4 Å². The zero-order chi connectivity index (χ0) is 17.1. The van der Waals surface area contributed by atoms with Gasteiger partial charge in [0.05, 0.1) is 12.5 Å². The maximum absolute atomic E-state index is 12.9. The molecule has 0 atom stereocenters. The first kappa shape index (κ1) is 15.4. The molecule has 124 valence electrons. The van der Waals surface area contributed by atoms with E-state index in [0.717, 1.165) is 18.7 Å². The normalized spacial score (nSPS) is 14.2. The van der Waals surface area contributed by atoms with Gasteiger partial charge in [0.1, 0.15) is 5.69 Å². The van der Waals surface area contributed by atoms with E-state index >= 15 is 0 Å². The maximum atomic E-state index is 12.9. The summed E-state index contributed by atoms with van der Waals surface area (Å²) < 4.78 is 1.85. The van der Waals surface area contributed by atoms with Gasteiger partial charge in [0.25, 0.3) is 5.91 Å². The van der Waals surface area contributed by atoms with E-state index in [-0.39, 0.29) is 5.91 Å². The molecule has 4 nitrogen and oxygen atoms in total. The van der Waals surface area contributed by atoms with Gasteiger partial charge in [-0.2, -0.15) is 0 Å². The van der Waals surface area contributed by atoms with Gasteiger partial charge in [-0.1, -0.05) is 54.6 Å². The second kappa shape index (κ2) is 6.77. The molecule has 0 bridgehead atoms. The lowest BCUT2D eigenvalue weighted by molar-refractivity contribution is 0.0765. The molecular formula is C21H19N3O. The molecule has 0 unspecified atom stereocenters. The van der Waals surface area contributed by atoms with Gasteiger partial charge in [0, 0.05) is 18.8 Å². The van der Waals surface area contributed by atoms with E-state index in [0.29, 0.717) is 12.2 Å². The number of hydrogen-bond donors (Lipinski definition) is 0. The van der Waals surface area contributed by atoms with Gasteiger partial charge in [0.2, 0.25) is 0 Å². The molecule has 0 aliphatic carbocycles. The smallest absolute Gasteiger partial charge is 0.272 e. The van der Waals surface area contributed by atoms with Crippen molar-refractivity contribution in [2.24, 2.45) is 0 Å². The molecule has 0 saturated carbocycles. The Kier molecular flexibility index (Phi) is 4.17. The number of carbonyl (C=O) groups excluding carboxylic acids is 1. The minimum Gasteiger partial charge on any atom is -0.333 e. The number of nitrogens with zero attached hydrogens (tertiary/aromatic N) is 3. The number of hydrogen-bond acceptors (Lipinski definition) is 2. The fourth-order valence-electron chi connectivity index (χ4n) is 3.18. The van der Waals surface area contributed by atoms with Crippen LogP contribution in [0.2, 0.25) is 0 Å². The molecule has 0 spiro atoms. The number of amides is 1. The molecule has 3 aromatic rings. The van der Waals surface area contributed by atoms with Crippen molar-refractivity contribution in [2.75, 3.05) is 13.1 Å². The third kappa shape index (κ3) is 3.11. The van der Waals surface area contributed by atoms with Crippen molar-refractivity contribution < 1.29 is 4.79 Å². The summed E-state index contributed by atoms with van der Waals surface area (Å²) in [5, 5.41) is 0. The summed E-state index contributed by atoms with van der Waals surface area (Å²) >= 11 is 0. The van der Waals surface area contributed by atoms with Crippen LogP contribution in [0.4, 0.5) is 0 Å². The SMILES string of the molecule is O=C(c1cncn1-c1ccccc1)N1CC=C(c2ccccc2)CC1. The highest BCUT2D eigenvalue weighted by molar-refractivity contribution is 5.93. The first-order chi connectivity index (χ1) is 12.3. The Bertz CT molecular complexity index is 897. The summed E-state index contributed by atoms with van der Waals surface area (Å²) in [6, 6.07) is 20.2. The Labute approximate surface area is 147 Å². The van der Waals surface area contributed by atoms with E-state index in [2.05, 4.69) is 23.2 Å². The van der Waals surface area contributed by atoms with Gasteiger partial charge in [0.15, 0.2) is 0 Å². The summed E-state index contributed by atoms with van der Waals surface area (Å²) in [5.74, 6) is 0.0183. The molecule has 4 rings (SSSR count). The molecule has 25 heavy (non-hydrogen) atoms. The average molecular weight is 329 g/mol. The largest absolute Gasteiger partial charge is 0.333 e. The highest BCUT2D eigenvalue weighted by Gasteiger charge is 2.22. The van der Waals surface area contributed by atoms with Gasteiger partial charge in [-0.25, -0.2) is 4.98 Å². The molecule has 1 aliphatic heterocycles. The Morgan fingerprint density at radius 3 is 2.36 bits per heavy atom. The van der Waals surface area contributed by atoms with Crippen LogP contribution in [-0.2, 0) is 0 Å². The average Bonchev–Trinajstić information content (AvgIpc) is 3.19. The number of carbonyl (C=O) groups is 1. The number of imidazole rings is 1. The van der Waals surface area contributed by atoms with Gasteiger partial charge in [-0.05, 0) is 29.7 Å². The van der Waals surface area contributed by atoms with Crippen LogP contribution in [0.15, 0.2) is 79.3 Å². The molecule has 4 heteroatoms. The number of benzene rings is 2. The van der Waals surface area contributed by atoms with Gasteiger partial charge < -0.3 is 4.90 Å². The molecule has 1 aliphatic rings. The summed E-state index contributed by atoms with van der Waals surface area (Å²) in [4.78, 5) is 19.0. The summed E-state index contributed by atoms with van der Waals surface area (Å²) in [6.07, 6.45) is 6.36. The van der Waals surface area contributed by atoms with Crippen molar-refractivity contribution in [3.63, 3.8) is 0 Å². The van der Waals surface area contributed by atoms with E-state index in [1.54, 1.807) is 12.5 Å². The summed E-state index contributed by atoms with van der Waals surface area (Å²) in [6.45, 7) is 1.35. The van der Waals surface area contributed by atoms with Crippen LogP contribution in [0.5, 0.6) is 0 Å². The van der Waals surface area contributed by atoms with E-state index in [1.165, 1.54) is 11.1 Å². The van der Waals surface area contributed by atoms with Crippen molar-refractivity contribution in [1.82, 2.24) is 14.5 Å². The Hall–Kier alpha value is -3.14. The second-order valence-electron chi connectivity index (χ2n) is 6.08. The van der Waals surface area contributed by atoms with E-state index < -0.39 is 0 Å². The van der Waals surface area contributed by atoms with Crippen molar-refractivity contribution in [3.8, 4) is 5.69 Å². The summed E-state index contributed by atoms with van der Waals surface area (Å²) in [5.41, 5.74) is 4.09. The fraction of sp³-hybridized carbons (Fsp3) is 0.143. The van der Waals surface area contributed by atoms with E-state index in [1.807, 2.05) is 58.0 Å². The van der Waals surface area contributed by atoms with Gasteiger partial charge in [-0.15, -0.1) is 0 Å². The van der Waals surface area contributed by atoms with Crippen LogP contribution >= 0.6 is 0 Å². The summed E-state index contributed by atoms with van der Waals surface area (Å²) in [7, 11) is 0. The standard InChI is InChI=1S/C21H19N3O/c25-21(20-15-22-16-24(20)19-9-5-2-6-10-19)23-13-11-18(12-14-23)17-7-3-1-4-8-17/h1-11,15-16H,12-14H2. The molecule has 2 heterocycles. The van der Waals surface area contributed by atoms with E-state index in [9.17, 15) is 4.79 Å². The predicted octanol–water partition coefficient (Wildman–Crippen LogP) is 3.80. The monoisotopic (exact) mass is 329 g/mol. The number of para-hydroxylation sites is 1. The van der Waals surface area contributed by atoms with Crippen LogP contribution in [0.25, 0.3) is 11.3 Å². The first-order valence-electron chi connectivity index (χ1n) is 8.44. The van der Waals surface area contributed by atoms with E-state index in [4.69, 9.17) is 0 Å². The minimum atomic E-state index is 0.0183. The highest BCUT2D eigenvalue weighted by atomic mass is 16.2. The Morgan fingerprint density at radius 1 is 0.960 bits per heavy atom. The van der Waals surface area contributed by atoms with Crippen molar-refractivity contribution in [1.29, 1.82) is 0 Å². The molecule has 1 aromatic heterocycles. The minimum absolute atomic E-state index is 0.0183. The zero-order valence-electron chi connectivity index (χ0n) is 13.9. The quantitative estimate of drug-likeness (QED) is 0.733. The Balaban J connectivity index is 1.54. The number of rotatable bonds is 3. The molecule has 0 N–H and O–H groups in total. The third-order valence-electron chi connectivity index (χ3n) is 4.53. The second-order valence-corrected chi connectivity index (χ2v) is 6.08. The van der Waals surface area contributed by atoms with Crippen LogP contribution in [0.1, 0.15) is 22.5 Å². The van der Waals surface area contributed by atoms with Crippen LogP contribution < -0.4 is 0 Å². The topological polar surface area (TPSA) is 38.1 Å². The number of aromatic nitrogens is 2. The van der Waals surface area contributed by atoms with Gasteiger partial charge in [-0.3, -0.25) is 9.36 Å². The highest BCUT2D eigenvalue weighted by Crippen LogP contribution is 2.23. The van der Waals surface area contributed by atoms with Crippen molar-refractivity contribution in [3.05, 3.63) is 90.5 Å². The first-order valence-corrected chi connectivity index (χ1v) is 8.44. The lowest BCUT2D eigenvalue weighted by atomic mass is 9.99. The third-order valence-corrected chi connectivity index (χ3v) is 4.53.